The van der Waals surface area contributed by atoms with Crippen molar-refractivity contribution in [3.8, 4) is 5.75 Å². The molecule has 0 fully saturated rings. The van der Waals surface area contributed by atoms with Crippen molar-refractivity contribution >= 4 is 33.4 Å². The number of anilines is 2. The van der Waals surface area contributed by atoms with Gasteiger partial charge in [0.15, 0.2) is 0 Å². The molecule has 25 heavy (non-hydrogen) atoms. The second-order valence-corrected chi connectivity index (χ2v) is 7.89. The number of benzene rings is 1. The Kier molecular flexibility index (Phi) is 6.63. The van der Waals surface area contributed by atoms with E-state index in [-0.39, 0.29) is 18.5 Å². The van der Waals surface area contributed by atoms with Crippen LogP contribution in [0.15, 0.2) is 18.2 Å². The van der Waals surface area contributed by atoms with E-state index in [1.165, 1.54) is 19.2 Å². The fourth-order valence-corrected chi connectivity index (χ4v) is 2.58. The molecule has 140 valence electrons. The zero-order valence-electron chi connectivity index (χ0n) is 14.5. The van der Waals surface area contributed by atoms with Crippen molar-refractivity contribution in [2.75, 3.05) is 23.4 Å². The number of hydrogen-bond donors (Lipinski definition) is 4. The Labute approximate surface area is 146 Å². The summed E-state index contributed by atoms with van der Waals surface area (Å²) in [4.78, 5) is 22.7. The molecule has 9 nitrogen and oxygen atoms in total. The van der Waals surface area contributed by atoms with Gasteiger partial charge in [0, 0.05) is 17.6 Å². The van der Waals surface area contributed by atoms with E-state index < -0.39 is 27.6 Å². The van der Waals surface area contributed by atoms with Crippen LogP contribution in [-0.4, -0.2) is 44.4 Å². The predicted molar refractivity (Wildman–Crippen MR) is 94.6 cm³/mol. The van der Waals surface area contributed by atoms with E-state index in [1.807, 2.05) is 0 Å². The molecule has 0 unspecified atom stereocenters. The first-order chi connectivity index (χ1) is 11.4. The molecule has 0 aliphatic carbocycles. The van der Waals surface area contributed by atoms with Crippen LogP contribution in [0.4, 0.5) is 16.2 Å². The molecule has 0 atom stereocenters. The molecular weight excluding hydrogens is 350 g/mol. The van der Waals surface area contributed by atoms with Gasteiger partial charge in [-0.2, -0.15) is 0 Å². The summed E-state index contributed by atoms with van der Waals surface area (Å²) < 4.78 is 30.2. The van der Waals surface area contributed by atoms with Gasteiger partial charge >= 0.3 is 12.0 Å². The smallest absolute Gasteiger partial charge is 0.319 e. The summed E-state index contributed by atoms with van der Waals surface area (Å²) in [6.07, 6.45) is 1.20. The highest BCUT2D eigenvalue weighted by molar-refractivity contribution is 7.92. The number of carbonyl (C=O) groups is 2. The van der Waals surface area contributed by atoms with Crippen molar-refractivity contribution in [2.45, 2.75) is 32.2 Å². The first kappa shape index (κ1) is 20.6. The van der Waals surface area contributed by atoms with E-state index in [1.54, 1.807) is 19.9 Å². The highest BCUT2D eigenvalue weighted by atomic mass is 32.2. The topological polar surface area (TPSA) is 134 Å². The summed E-state index contributed by atoms with van der Waals surface area (Å²) in [6, 6.07) is 3.95. The quantitative estimate of drug-likeness (QED) is 0.549. The molecule has 0 heterocycles. The number of carboxylic acid groups (broad SMARTS) is 1. The molecule has 1 aromatic rings. The lowest BCUT2D eigenvalue weighted by Gasteiger charge is -2.25. The maximum absolute atomic E-state index is 12.1. The van der Waals surface area contributed by atoms with Crippen LogP contribution in [-0.2, 0) is 14.8 Å². The molecule has 0 radical (unpaired) electrons. The Morgan fingerprint density at radius 3 is 2.44 bits per heavy atom. The van der Waals surface area contributed by atoms with Gasteiger partial charge in [-0.15, -0.1) is 0 Å². The normalized spacial score (nSPS) is 11.5. The number of rotatable bonds is 8. The maximum atomic E-state index is 12.1. The van der Waals surface area contributed by atoms with Crippen molar-refractivity contribution in [2.24, 2.45) is 0 Å². The monoisotopic (exact) mass is 373 g/mol. The number of sulfonamides is 1. The van der Waals surface area contributed by atoms with Gasteiger partial charge in [-0.25, -0.2) is 13.2 Å². The highest BCUT2D eigenvalue weighted by Crippen LogP contribution is 2.28. The second kappa shape index (κ2) is 8.06. The summed E-state index contributed by atoms with van der Waals surface area (Å²) in [5.74, 6) is -0.639. The first-order valence-corrected chi connectivity index (χ1v) is 9.28. The Balaban J connectivity index is 2.83. The zero-order chi connectivity index (χ0) is 19.3. The van der Waals surface area contributed by atoms with E-state index in [0.717, 1.165) is 6.26 Å². The van der Waals surface area contributed by atoms with Crippen molar-refractivity contribution in [3.63, 3.8) is 0 Å². The molecule has 4 N–H and O–H groups in total. The lowest BCUT2D eigenvalue weighted by Crippen LogP contribution is -2.45. The number of amides is 2. The molecule has 2 amide bonds. The lowest BCUT2D eigenvalue weighted by atomic mass is 9.99. The lowest BCUT2D eigenvalue weighted by molar-refractivity contribution is -0.137. The fraction of sp³-hybridized carbons (Fsp3) is 0.467. The summed E-state index contributed by atoms with van der Waals surface area (Å²) in [6.45, 7) is 3.42. The number of hydrogen-bond acceptors (Lipinski definition) is 5. The maximum Gasteiger partial charge on any atom is 0.319 e. The Morgan fingerprint density at radius 1 is 1.28 bits per heavy atom. The van der Waals surface area contributed by atoms with E-state index in [9.17, 15) is 18.0 Å². The molecule has 0 saturated heterocycles. The minimum atomic E-state index is -3.51. The Hall–Kier alpha value is -2.49. The van der Waals surface area contributed by atoms with Gasteiger partial charge in [-0.1, -0.05) is 0 Å². The Morgan fingerprint density at radius 2 is 1.92 bits per heavy atom. The number of ether oxygens (including phenoxy) is 1. The van der Waals surface area contributed by atoms with E-state index >= 15 is 0 Å². The van der Waals surface area contributed by atoms with E-state index in [0.29, 0.717) is 11.4 Å². The van der Waals surface area contributed by atoms with E-state index in [4.69, 9.17) is 9.84 Å². The molecule has 0 bridgehead atoms. The van der Waals surface area contributed by atoms with Crippen LogP contribution in [0.25, 0.3) is 0 Å². The molecular formula is C15H23N3O6S. The van der Waals surface area contributed by atoms with E-state index in [2.05, 4.69) is 15.4 Å². The molecule has 10 heteroatoms. The standard InChI is InChI=1S/C15H23N3O6S/c1-15(2,8-7-13(19)20)17-14(21)16-10-5-6-12(24-3)11(9-10)18-25(4,22)23/h5-6,9,18H,7-8H2,1-4H3,(H,19,20)(H2,16,17,21). The van der Waals surface area contributed by atoms with Crippen LogP contribution in [0.2, 0.25) is 0 Å². The van der Waals surface area contributed by atoms with Gasteiger partial charge in [0.05, 0.1) is 19.1 Å². The third-order valence-electron chi connectivity index (χ3n) is 3.17. The summed E-state index contributed by atoms with van der Waals surface area (Å²) >= 11 is 0. The van der Waals surface area contributed by atoms with Crippen LogP contribution in [0, 0.1) is 0 Å². The second-order valence-electron chi connectivity index (χ2n) is 6.15. The number of methoxy groups -OCH3 is 1. The number of urea groups is 1. The van der Waals surface area contributed by atoms with Gasteiger partial charge in [0.25, 0.3) is 0 Å². The van der Waals surface area contributed by atoms with Gasteiger partial charge in [0.2, 0.25) is 10.0 Å². The van der Waals surface area contributed by atoms with Crippen LogP contribution >= 0.6 is 0 Å². The summed E-state index contributed by atoms with van der Waals surface area (Å²) in [7, 11) is -2.12. The molecule has 1 aromatic carbocycles. The summed E-state index contributed by atoms with van der Waals surface area (Å²) in [5.41, 5.74) is -0.186. The zero-order valence-corrected chi connectivity index (χ0v) is 15.4. The van der Waals surface area contributed by atoms with Gasteiger partial charge in [0.1, 0.15) is 5.75 Å². The first-order valence-electron chi connectivity index (χ1n) is 7.39. The third kappa shape index (κ3) is 7.75. The number of nitrogens with one attached hydrogen (secondary N) is 3. The minimum Gasteiger partial charge on any atom is -0.495 e. The molecule has 0 aromatic heterocycles. The predicted octanol–water partition coefficient (Wildman–Crippen LogP) is 1.83. The van der Waals surface area contributed by atoms with Crippen molar-refractivity contribution in [1.29, 1.82) is 0 Å². The Bertz CT molecular complexity index is 746. The minimum absolute atomic E-state index is 0.0712. The highest BCUT2D eigenvalue weighted by Gasteiger charge is 2.21. The molecule has 0 spiro atoms. The fourth-order valence-electron chi connectivity index (χ4n) is 2.02. The average Bonchev–Trinajstić information content (AvgIpc) is 2.43. The van der Waals surface area contributed by atoms with Crippen molar-refractivity contribution in [3.05, 3.63) is 18.2 Å². The van der Waals surface area contributed by atoms with Crippen LogP contribution in [0.1, 0.15) is 26.7 Å². The number of carbonyl (C=O) groups excluding carboxylic acids is 1. The van der Waals surface area contributed by atoms with Crippen LogP contribution in [0.5, 0.6) is 5.75 Å². The number of carboxylic acids is 1. The van der Waals surface area contributed by atoms with Gasteiger partial charge in [-0.3, -0.25) is 9.52 Å². The van der Waals surface area contributed by atoms with Crippen molar-refractivity contribution in [1.82, 2.24) is 5.32 Å². The molecule has 0 aliphatic heterocycles. The van der Waals surface area contributed by atoms with Crippen molar-refractivity contribution < 1.29 is 27.9 Å². The SMILES string of the molecule is COc1ccc(NC(=O)NC(C)(C)CCC(=O)O)cc1NS(C)(=O)=O. The van der Waals surface area contributed by atoms with Gasteiger partial charge in [-0.05, 0) is 38.5 Å². The largest absolute Gasteiger partial charge is 0.495 e. The van der Waals surface area contributed by atoms with Gasteiger partial charge < -0.3 is 20.5 Å². The molecule has 1 rings (SSSR count). The third-order valence-corrected chi connectivity index (χ3v) is 3.76. The number of aliphatic carboxylic acids is 1. The van der Waals surface area contributed by atoms with Crippen LogP contribution in [0.3, 0.4) is 0 Å². The van der Waals surface area contributed by atoms with Crippen LogP contribution < -0.4 is 20.1 Å². The average molecular weight is 373 g/mol. The summed E-state index contributed by atoms with van der Waals surface area (Å²) in [5, 5.41) is 14.0. The molecule has 0 aliphatic rings. The molecule has 0 saturated carbocycles.